The van der Waals surface area contributed by atoms with E-state index in [4.69, 9.17) is 4.74 Å². The number of ether oxygens (including phenoxy) is 1. The highest BCUT2D eigenvalue weighted by Crippen LogP contribution is 2.37. The smallest absolute Gasteiger partial charge is 0.252 e. The summed E-state index contributed by atoms with van der Waals surface area (Å²) in [5.74, 6) is 0.522. The maximum absolute atomic E-state index is 13.2. The Morgan fingerprint density at radius 2 is 1.93 bits per heavy atom. The molecule has 0 bridgehead atoms. The standard InChI is InChI=1S/C24H29N3O3/c1-26(2)23(29)20-15-27(14-18-9-5-7-11-21(18)30-3)16-24(20)13-12-17-8-4-6-10-19(17)22(28)25-24/h4-11,20H,12-16H2,1-3H3,(H,25,28)/t20-,24+/m1/s1. The zero-order valence-corrected chi connectivity index (χ0v) is 17.9. The van der Waals surface area contributed by atoms with Crippen LogP contribution in [-0.4, -0.2) is 61.4 Å². The van der Waals surface area contributed by atoms with Gasteiger partial charge in [-0.1, -0.05) is 36.4 Å². The summed E-state index contributed by atoms with van der Waals surface area (Å²) in [5.41, 5.74) is 2.26. The van der Waals surface area contributed by atoms with E-state index in [2.05, 4.69) is 10.2 Å². The number of likely N-dealkylation sites (tertiary alicyclic amines) is 1. The lowest BCUT2D eigenvalue weighted by molar-refractivity contribution is -0.134. The fraction of sp³-hybridized carbons (Fsp3) is 0.417. The van der Waals surface area contributed by atoms with Gasteiger partial charge in [-0.2, -0.15) is 0 Å². The van der Waals surface area contributed by atoms with Crippen LogP contribution in [0.3, 0.4) is 0 Å². The van der Waals surface area contributed by atoms with Gasteiger partial charge in [0.2, 0.25) is 5.91 Å². The van der Waals surface area contributed by atoms with E-state index in [1.54, 1.807) is 26.1 Å². The third-order valence-electron chi connectivity index (χ3n) is 6.40. The third kappa shape index (κ3) is 3.67. The molecule has 1 spiro atoms. The number of para-hydroxylation sites is 1. The molecule has 30 heavy (non-hydrogen) atoms. The monoisotopic (exact) mass is 407 g/mol. The van der Waals surface area contributed by atoms with Crippen molar-refractivity contribution in [1.82, 2.24) is 15.1 Å². The van der Waals surface area contributed by atoms with Gasteiger partial charge in [-0.15, -0.1) is 0 Å². The first-order valence-electron chi connectivity index (χ1n) is 10.4. The minimum absolute atomic E-state index is 0.0591. The molecule has 2 heterocycles. The van der Waals surface area contributed by atoms with Gasteiger partial charge in [0.05, 0.1) is 18.6 Å². The summed E-state index contributed by atoms with van der Waals surface area (Å²) >= 11 is 0. The van der Waals surface area contributed by atoms with Crippen LogP contribution in [0.5, 0.6) is 5.75 Å². The number of rotatable bonds is 4. The van der Waals surface area contributed by atoms with Crippen LogP contribution in [0.2, 0.25) is 0 Å². The summed E-state index contributed by atoms with van der Waals surface area (Å²) < 4.78 is 5.51. The van der Waals surface area contributed by atoms with Gasteiger partial charge in [0, 0.05) is 44.9 Å². The van der Waals surface area contributed by atoms with E-state index in [-0.39, 0.29) is 17.7 Å². The molecule has 0 aliphatic carbocycles. The van der Waals surface area contributed by atoms with Crippen molar-refractivity contribution in [2.75, 3.05) is 34.3 Å². The summed E-state index contributed by atoms with van der Waals surface area (Å²) in [6.45, 7) is 1.91. The van der Waals surface area contributed by atoms with E-state index < -0.39 is 5.54 Å². The maximum atomic E-state index is 13.2. The highest BCUT2D eigenvalue weighted by Gasteiger charge is 2.52. The minimum Gasteiger partial charge on any atom is -0.496 e. The predicted octanol–water partition coefficient (Wildman–Crippen LogP) is 2.33. The molecular formula is C24H29N3O3. The van der Waals surface area contributed by atoms with Gasteiger partial charge in [0.15, 0.2) is 0 Å². The summed E-state index contributed by atoms with van der Waals surface area (Å²) in [6, 6.07) is 15.7. The second kappa shape index (κ2) is 8.11. The molecule has 0 aromatic heterocycles. The molecule has 1 fully saturated rings. The Balaban J connectivity index is 1.65. The van der Waals surface area contributed by atoms with E-state index in [1.165, 1.54) is 0 Å². The molecule has 2 amide bonds. The molecule has 2 aromatic carbocycles. The third-order valence-corrected chi connectivity index (χ3v) is 6.40. The number of aryl methyl sites for hydroxylation is 1. The molecule has 0 unspecified atom stereocenters. The largest absolute Gasteiger partial charge is 0.496 e. The average molecular weight is 408 g/mol. The van der Waals surface area contributed by atoms with Crippen molar-refractivity contribution in [3.63, 3.8) is 0 Å². The maximum Gasteiger partial charge on any atom is 0.252 e. The van der Waals surface area contributed by atoms with Gasteiger partial charge in [0.1, 0.15) is 5.75 Å². The lowest BCUT2D eigenvalue weighted by Gasteiger charge is -2.35. The molecule has 2 aliphatic rings. The van der Waals surface area contributed by atoms with Gasteiger partial charge >= 0.3 is 0 Å². The van der Waals surface area contributed by atoms with Crippen LogP contribution >= 0.6 is 0 Å². The Labute approximate surface area is 177 Å². The predicted molar refractivity (Wildman–Crippen MR) is 115 cm³/mol. The lowest BCUT2D eigenvalue weighted by atomic mass is 9.81. The number of amides is 2. The van der Waals surface area contributed by atoms with Crippen LogP contribution in [0.25, 0.3) is 0 Å². The lowest BCUT2D eigenvalue weighted by Crippen LogP contribution is -2.57. The number of hydrogen-bond donors (Lipinski definition) is 1. The second-order valence-corrected chi connectivity index (χ2v) is 8.53. The molecule has 0 saturated carbocycles. The molecule has 158 valence electrons. The van der Waals surface area contributed by atoms with Crippen LogP contribution in [0, 0.1) is 5.92 Å². The molecule has 2 aromatic rings. The molecule has 1 N–H and O–H groups in total. The number of carbonyl (C=O) groups excluding carboxylic acids is 2. The Morgan fingerprint density at radius 1 is 1.20 bits per heavy atom. The number of nitrogens with zero attached hydrogens (tertiary/aromatic N) is 2. The van der Waals surface area contributed by atoms with Crippen molar-refractivity contribution in [3.8, 4) is 5.75 Å². The summed E-state index contributed by atoms with van der Waals surface area (Å²) in [7, 11) is 5.24. The summed E-state index contributed by atoms with van der Waals surface area (Å²) in [4.78, 5) is 30.2. The zero-order valence-electron chi connectivity index (χ0n) is 17.9. The number of fused-ring (bicyclic) bond motifs is 1. The summed E-state index contributed by atoms with van der Waals surface area (Å²) in [6.07, 6.45) is 1.51. The van der Waals surface area contributed by atoms with Crippen molar-refractivity contribution in [1.29, 1.82) is 0 Å². The van der Waals surface area contributed by atoms with E-state index in [0.717, 1.165) is 29.7 Å². The van der Waals surface area contributed by atoms with Crippen molar-refractivity contribution < 1.29 is 14.3 Å². The Morgan fingerprint density at radius 3 is 2.70 bits per heavy atom. The Bertz CT molecular complexity index is 958. The average Bonchev–Trinajstić information content (AvgIpc) is 3.02. The number of benzene rings is 2. The molecule has 6 heteroatoms. The van der Waals surface area contributed by atoms with Gasteiger partial charge in [-0.05, 0) is 30.5 Å². The Kier molecular flexibility index (Phi) is 5.52. The van der Waals surface area contributed by atoms with Crippen LogP contribution < -0.4 is 10.1 Å². The fourth-order valence-electron chi connectivity index (χ4n) is 4.88. The van der Waals surface area contributed by atoms with Crippen LogP contribution in [-0.2, 0) is 17.8 Å². The van der Waals surface area contributed by atoms with Gasteiger partial charge < -0.3 is 15.0 Å². The van der Waals surface area contributed by atoms with Crippen LogP contribution in [0.1, 0.15) is 27.9 Å². The van der Waals surface area contributed by atoms with Gasteiger partial charge in [0.25, 0.3) is 5.91 Å². The summed E-state index contributed by atoms with van der Waals surface area (Å²) in [5, 5.41) is 3.28. The van der Waals surface area contributed by atoms with Crippen molar-refractivity contribution in [2.45, 2.75) is 24.9 Å². The number of hydrogen-bond acceptors (Lipinski definition) is 4. The van der Waals surface area contributed by atoms with Crippen molar-refractivity contribution in [2.24, 2.45) is 5.92 Å². The highest BCUT2D eigenvalue weighted by molar-refractivity contribution is 5.97. The second-order valence-electron chi connectivity index (χ2n) is 8.53. The number of carbonyl (C=O) groups is 2. The molecule has 2 atom stereocenters. The fourth-order valence-corrected chi connectivity index (χ4v) is 4.88. The first-order chi connectivity index (χ1) is 14.4. The number of nitrogens with one attached hydrogen (secondary N) is 1. The van der Waals surface area contributed by atoms with E-state index in [1.807, 2.05) is 48.5 Å². The van der Waals surface area contributed by atoms with E-state index in [0.29, 0.717) is 25.2 Å². The molecule has 6 nitrogen and oxygen atoms in total. The molecule has 1 saturated heterocycles. The van der Waals surface area contributed by atoms with Crippen LogP contribution in [0.4, 0.5) is 0 Å². The van der Waals surface area contributed by atoms with Crippen LogP contribution in [0.15, 0.2) is 48.5 Å². The van der Waals surface area contributed by atoms with Gasteiger partial charge in [-0.3, -0.25) is 14.5 Å². The SMILES string of the molecule is COc1ccccc1CN1C[C@H](C(=O)N(C)C)[C@]2(CCc3ccccc3C(=O)N2)C1. The normalized spacial score (nSPS) is 23.6. The van der Waals surface area contributed by atoms with E-state index >= 15 is 0 Å². The highest BCUT2D eigenvalue weighted by atomic mass is 16.5. The molecule has 2 aliphatic heterocycles. The Hall–Kier alpha value is -2.86. The quantitative estimate of drug-likeness (QED) is 0.845. The first-order valence-corrected chi connectivity index (χ1v) is 10.4. The number of methoxy groups -OCH3 is 1. The van der Waals surface area contributed by atoms with E-state index in [9.17, 15) is 9.59 Å². The molecule has 0 radical (unpaired) electrons. The van der Waals surface area contributed by atoms with Crippen molar-refractivity contribution in [3.05, 3.63) is 65.2 Å². The zero-order chi connectivity index (χ0) is 21.3. The van der Waals surface area contributed by atoms with Crippen molar-refractivity contribution >= 4 is 11.8 Å². The first kappa shape index (κ1) is 20.4. The topological polar surface area (TPSA) is 61.9 Å². The molecular weight excluding hydrogens is 378 g/mol. The van der Waals surface area contributed by atoms with Gasteiger partial charge in [-0.25, -0.2) is 0 Å². The molecule has 4 rings (SSSR count). The minimum atomic E-state index is -0.584.